The number of para-hydroxylation sites is 1. The monoisotopic (exact) mass is 301 g/mol. The fourth-order valence-electron chi connectivity index (χ4n) is 3.51. The minimum absolute atomic E-state index is 0.0105. The highest BCUT2D eigenvalue weighted by atomic mass is 32.1. The number of carbonyl (C=O) groups excluding carboxylic acids is 1. The summed E-state index contributed by atoms with van der Waals surface area (Å²) in [6.07, 6.45) is 3.69. The molecule has 4 nitrogen and oxygen atoms in total. The number of carbonyl (C=O) groups is 1. The Labute approximate surface area is 128 Å². The predicted molar refractivity (Wildman–Crippen MR) is 84.7 cm³/mol. The van der Waals surface area contributed by atoms with Crippen LogP contribution in [-0.2, 0) is 0 Å². The van der Waals surface area contributed by atoms with Crippen molar-refractivity contribution in [1.82, 2.24) is 15.2 Å². The van der Waals surface area contributed by atoms with Crippen molar-refractivity contribution < 1.29 is 4.79 Å². The van der Waals surface area contributed by atoms with Gasteiger partial charge in [0.05, 0.1) is 10.2 Å². The first kappa shape index (κ1) is 13.2. The van der Waals surface area contributed by atoms with E-state index < -0.39 is 0 Å². The van der Waals surface area contributed by atoms with Crippen LogP contribution in [0.25, 0.3) is 10.2 Å². The molecule has 1 N–H and O–H groups in total. The lowest BCUT2D eigenvalue weighted by Crippen LogP contribution is -2.41. The average molecular weight is 301 g/mol. The van der Waals surface area contributed by atoms with Crippen LogP contribution in [0.3, 0.4) is 0 Å². The van der Waals surface area contributed by atoms with Crippen molar-refractivity contribution in [2.45, 2.75) is 25.3 Å². The second kappa shape index (κ2) is 5.39. The third-order valence-electron chi connectivity index (χ3n) is 4.63. The van der Waals surface area contributed by atoms with Crippen LogP contribution in [0.4, 0.5) is 0 Å². The Balaban J connectivity index is 1.50. The topological polar surface area (TPSA) is 45.2 Å². The van der Waals surface area contributed by atoms with Gasteiger partial charge in [-0.2, -0.15) is 0 Å². The zero-order valence-electron chi connectivity index (χ0n) is 11.9. The number of piperidine rings is 1. The fourth-order valence-corrected chi connectivity index (χ4v) is 4.38. The molecular weight excluding hydrogens is 282 g/mol. The van der Waals surface area contributed by atoms with Crippen LogP contribution in [0.1, 0.15) is 29.1 Å². The molecule has 1 amide bonds. The van der Waals surface area contributed by atoms with E-state index in [9.17, 15) is 4.79 Å². The van der Waals surface area contributed by atoms with Gasteiger partial charge >= 0.3 is 0 Å². The third-order valence-corrected chi connectivity index (χ3v) is 5.66. The molecular formula is C16H19N3OS. The summed E-state index contributed by atoms with van der Waals surface area (Å²) in [7, 11) is 0. The van der Waals surface area contributed by atoms with Crippen LogP contribution in [0.5, 0.6) is 0 Å². The maximum absolute atomic E-state index is 12.4. The van der Waals surface area contributed by atoms with Crippen molar-refractivity contribution in [3.8, 4) is 0 Å². The van der Waals surface area contributed by atoms with Crippen molar-refractivity contribution in [3.63, 3.8) is 0 Å². The molecule has 0 saturated carbocycles. The second-order valence-electron chi connectivity index (χ2n) is 6.14. The molecule has 2 bridgehead atoms. The molecule has 3 saturated heterocycles. The van der Waals surface area contributed by atoms with Crippen LogP contribution in [-0.4, -0.2) is 41.5 Å². The number of fused-ring (bicyclic) bond motifs is 5. The van der Waals surface area contributed by atoms with Crippen molar-refractivity contribution in [1.29, 1.82) is 0 Å². The summed E-state index contributed by atoms with van der Waals surface area (Å²) in [5.41, 5.74) is 0.914. The number of nitrogens with zero attached hydrogens (tertiary/aromatic N) is 2. The molecule has 1 aromatic carbocycles. The molecule has 3 aliphatic heterocycles. The first-order valence-electron chi connectivity index (χ1n) is 7.67. The van der Waals surface area contributed by atoms with E-state index in [0.29, 0.717) is 5.01 Å². The molecule has 3 aliphatic rings. The van der Waals surface area contributed by atoms with Crippen molar-refractivity contribution in [3.05, 3.63) is 29.3 Å². The smallest absolute Gasteiger partial charge is 0.280 e. The normalized spacial score (nSPS) is 28.5. The van der Waals surface area contributed by atoms with Crippen LogP contribution >= 0.6 is 11.3 Å². The Morgan fingerprint density at radius 2 is 2.10 bits per heavy atom. The van der Waals surface area contributed by atoms with Crippen molar-refractivity contribution >= 4 is 27.5 Å². The van der Waals surface area contributed by atoms with E-state index in [2.05, 4.69) is 15.2 Å². The van der Waals surface area contributed by atoms with Crippen molar-refractivity contribution in [2.24, 2.45) is 5.92 Å². The van der Waals surface area contributed by atoms with Crippen LogP contribution < -0.4 is 5.32 Å². The summed E-state index contributed by atoms with van der Waals surface area (Å²) >= 11 is 1.48. The Morgan fingerprint density at radius 1 is 1.29 bits per heavy atom. The molecule has 0 radical (unpaired) electrons. The Kier molecular flexibility index (Phi) is 3.39. The summed E-state index contributed by atoms with van der Waals surface area (Å²) in [6.45, 7) is 3.38. The maximum Gasteiger partial charge on any atom is 0.280 e. The number of amides is 1. The minimum Gasteiger partial charge on any atom is -0.346 e. The molecule has 5 rings (SSSR count). The SMILES string of the molecule is O=C(N[C@@H]1CC2CCN(CC2)C1)c1nc2ccccc2s1. The van der Waals surface area contributed by atoms with Crippen LogP contribution in [0, 0.1) is 5.92 Å². The maximum atomic E-state index is 12.4. The van der Waals surface area contributed by atoms with E-state index in [1.165, 1.54) is 37.3 Å². The van der Waals surface area contributed by atoms with E-state index in [4.69, 9.17) is 0 Å². The number of aromatic nitrogens is 1. The lowest BCUT2D eigenvalue weighted by molar-refractivity contribution is 0.0928. The third kappa shape index (κ3) is 2.68. The first-order valence-corrected chi connectivity index (χ1v) is 8.48. The number of hydrogen-bond donors (Lipinski definition) is 1. The van der Waals surface area contributed by atoms with Crippen LogP contribution in [0.15, 0.2) is 24.3 Å². The molecule has 5 heteroatoms. The zero-order chi connectivity index (χ0) is 14.2. The Hall–Kier alpha value is -1.46. The second-order valence-corrected chi connectivity index (χ2v) is 7.17. The highest BCUT2D eigenvalue weighted by Crippen LogP contribution is 2.27. The summed E-state index contributed by atoms with van der Waals surface area (Å²) in [6, 6.07) is 8.19. The molecule has 21 heavy (non-hydrogen) atoms. The molecule has 2 aromatic rings. The van der Waals surface area contributed by atoms with E-state index in [0.717, 1.165) is 29.1 Å². The highest BCUT2D eigenvalue weighted by molar-refractivity contribution is 7.20. The summed E-state index contributed by atoms with van der Waals surface area (Å²) in [5.74, 6) is 0.771. The molecule has 0 aliphatic carbocycles. The molecule has 0 spiro atoms. The summed E-state index contributed by atoms with van der Waals surface area (Å²) < 4.78 is 1.08. The van der Waals surface area contributed by atoms with E-state index in [-0.39, 0.29) is 11.9 Å². The minimum atomic E-state index is -0.0105. The number of nitrogens with one attached hydrogen (secondary N) is 1. The fraction of sp³-hybridized carbons (Fsp3) is 0.500. The molecule has 4 heterocycles. The number of thiazole rings is 1. The van der Waals surface area contributed by atoms with E-state index >= 15 is 0 Å². The molecule has 3 fully saturated rings. The largest absolute Gasteiger partial charge is 0.346 e. The molecule has 110 valence electrons. The van der Waals surface area contributed by atoms with E-state index in [1.54, 1.807) is 0 Å². The van der Waals surface area contributed by atoms with Gasteiger partial charge in [0.1, 0.15) is 0 Å². The lowest BCUT2D eigenvalue weighted by Gasteiger charge is -2.26. The Morgan fingerprint density at radius 3 is 2.90 bits per heavy atom. The van der Waals surface area contributed by atoms with Gasteiger partial charge in [0, 0.05) is 12.6 Å². The van der Waals surface area contributed by atoms with Gasteiger partial charge in [-0.1, -0.05) is 12.1 Å². The van der Waals surface area contributed by atoms with Gasteiger partial charge in [-0.05, 0) is 50.4 Å². The van der Waals surface area contributed by atoms with Gasteiger partial charge in [0.2, 0.25) is 0 Å². The Bertz CT molecular complexity index is 613. The standard InChI is InChI=1S/C16H19N3OS/c20-15(16-18-13-3-1-2-4-14(13)21-16)17-12-9-11-5-7-19(10-12)8-6-11/h1-4,11-12H,5-10H2,(H,17,20)/t12-/m1/s1. The van der Waals surface area contributed by atoms with Gasteiger partial charge in [-0.15, -0.1) is 11.3 Å². The number of rotatable bonds is 2. The molecule has 1 aromatic heterocycles. The van der Waals surface area contributed by atoms with Gasteiger partial charge in [0.25, 0.3) is 5.91 Å². The number of benzene rings is 1. The van der Waals surface area contributed by atoms with Crippen LogP contribution in [0.2, 0.25) is 0 Å². The number of hydrogen-bond acceptors (Lipinski definition) is 4. The van der Waals surface area contributed by atoms with Gasteiger partial charge < -0.3 is 10.2 Å². The van der Waals surface area contributed by atoms with Gasteiger partial charge in [-0.25, -0.2) is 4.98 Å². The van der Waals surface area contributed by atoms with Gasteiger partial charge in [0.15, 0.2) is 5.01 Å². The van der Waals surface area contributed by atoms with Crippen molar-refractivity contribution in [2.75, 3.05) is 19.6 Å². The molecule has 0 unspecified atom stereocenters. The quantitative estimate of drug-likeness (QED) is 0.927. The zero-order valence-corrected chi connectivity index (χ0v) is 12.7. The summed E-state index contributed by atoms with van der Waals surface area (Å²) in [5, 5.41) is 3.79. The lowest BCUT2D eigenvalue weighted by atomic mass is 9.94. The average Bonchev–Trinajstić information content (AvgIpc) is 2.73. The first-order chi connectivity index (χ1) is 10.3. The van der Waals surface area contributed by atoms with E-state index in [1.807, 2.05) is 24.3 Å². The summed E-state index contributed by atoms with van der Waals surface area (Å²) in [4.78, 5) is 19.4. The van der Waals surface area contributed by atoms with Gasteiger partial charge in [-0.3, -0.25) is 4.79 Å². The highest BCUT2D eigenvalue weighted by Gasteiger charge is 2.30. The predicted octanol–water partition coefficient (Wildman–Crippen LogP) is 2.51. The molecule has 1 atom stereocenters.